The molecule has 0 aliphatic heterocycles. The summed E-state index contributed by atoms with van der Waals surface area (Å²) in [5.41, 5.74) is 2.11. The van der Waals surface area contributed by atoms with Crippen molar-refractivity contribution in [2.75, 3.05) is 17.7 Å². The molecule has 0 aliphatic rings. The first kappa shape index (κ1) is 17.8. The maximum Gasteiger partial charge on any atom is 0.291 e. The van der Waals surface area contributed by atoms with Crippen LogP contribution in [0.15, 0.2) is 40.8 Å². The van der Waals surface area contributed by atoms with Gasteiger partial charge in [-0.15, -0.1) is 0 Å². The lowest BCUT2D eigenvalue weighted by Gasteiger charge is -2.12. The predicted octanol–water partition coefficient (Wildman–Crippen LogP) is 4.61. The monoisotopic (exact) mass is 372 g/mol. The van der Waals surface area contributed by atoms with E-state index in [1.54, 1.807) is 37.3 Å². The zero-order valence-corrected chi connectivity index (χ0v) is 15.2. The fourth-order valence-electron chi connectivity index (χ4n) is 2.69. The number of methoxy groups -OCH3 is 1. The lowest BCUT2D eigenvalue weighted by molar-refractivity contribution is -0.114. The van der Waals surface area contributed by atoms with E-state index < -0.39 is 5.91 Å². The Hall–Kier alpha value is -2.99. The SMILES string of the molecule is COc1ccc(NC(C)=O)cc1NC(=O)c1oc2c(Cl)cccc2c1C. The summed E-state index contributed by atoms with van der Waals surface area (Å²) in [6.45, 7) is 3.20. The van der Waals surface area contributed by atoms with Gasteiger partial charge in [-0.3, -0.25) is 9.59 Å². The second kappa shape index (κ2) is 7.09. The fraction of sp³-hybridized carbons (Fsp3) is 0.158. The number of ether oxygens (including phenoxy) is 1. The van der Waals surface area contributed by atoms with E-state index in [1.165, 1.54) is 14.0 Å². The highest BCUT2D eigenvalue weighted by Gasteiger charge is 2.20. The number of hydrogen-bond acceptors (Lipinski definition) is 4. The molecule has 0 aliphatic carbocycles. The second-order valence-corrected chi connectivity index (χ2v) is 6.13. The summed E-state index contributed by atoms with van der Waals surface area (Å²) in [6.07, 6.45) is 0. The summed E-state index contributed by atoms with van der Waals surface area (Å²) in [6, 6.07) is 10.3. The molecule has 6 nitrogen and oxygen atoms in total. The normalized spacial score (nSPS) is 10.6. The van der Waals surface area contributed by atoms with Crippen LogP contribution < -0.4 is 15.4 Å². The Morgan fingerprint density at radius 1 is 1.15 bits per heavy atom. The number of fused-ring (bicyclic) bond motifs is 1. The van der Waals surface area contributed by atoms with E-state index in [0.29, 0.717) is 33.3 Å². The van der Waals surface area contributed by atoms with Gasteiger partial charge in [0.15, 0.2) is 11.3 Å². The van der Waals surface area contributed by atoms with Crippen LogP contribution in [0, 0.1) is 6.92 Å². The summed E-state index contributed by atoms with van der Waals surface area (Å²) >= 11 is 6.14. The van der Waals surface area contributed by atoms with Gasteiger partial charge in [0.05, 0.1) is 17.8 Å². The summed E-state index contributed by atoms with van der Waals surface area (Å²) in [4.78, 5) is 24.0. The van der Waals surface area contributed by atoms with Crippen molar-refractivity contribution in [3.63, 3.8) is 0 Å². The quantitative estimate of drug-likeness (QED) is 0.700. The molecule has 1 heterocycles. The van der Waals surface area contributed by atoms with Crippen LogP contribution in [0.4, 0.5) is 11.4 Å². The summed E-state index contributed by atoms with van der Waals surface area (Å²) in [5, 5.41) is 6.64. The van der Waals surface area contributed by atoms with Crippen molar-refractivity contribution in [2.24, 2.45) is 0 Å². The molecule has 0 fully saturated rings. The number of nitrogens with one attached hydrogen (secondary N) is 2. The third kappa shape index (κ3) is 3.36. The minimum absolute atomic E-state index is 0.167. The van der Waals surface area contributed by atoms with Gasteiger partial charge in [0, 0.05) is 23.6 Å². The van der Waals surface area contributed by atoms with Gasteiger partial charge >= 0.3 is 0 Å². The van der Waals surface area contributed by atoms with Gasteiger partial charge in [-0.2, -0.15) is 0 Å². The summed E-state index contributed by atoms with van der Waals surface area (Å²) in [5.74, 6) is -0.0254. The van der Waals surface area contributed by atoms with E-state index >= 15 is 0 Å². The average molecular weight is 373 g/mol. The molecule has 26 heavy (non-hydrogen) atoms. The molecule has 0 radical (unpaired) electrons. The highest BCUT2D eigenvalue weighted by molar-refractivity contribution is 6.35. The maximum absolute atomic E-state index is 12.7. The lowest BCUT2D eigenvalue weighted by Crippen LogP contribution is -2.13. The number of aryl methyl sites for hydroxylation is 1. The Morgan fingerprint density at radius 3 is 2.58 bits per heavy atom. The van der Waals surface area contributed by atoms with Crippen LogP contribution in [0.2, 0.25) is 5.02 Å². The van der Waals surface area contributed by atoms with Crippen LogP contribution in [0.5, 0.6) is 5.75 Å². The Labute approximate surface area is 155 Å². The first-order chi connectivity index (χ1) is 12.4. The van der Waals surface area contributed by atoms with Crippen molar-refractivity contribution in [3.05, 3.63) is 52.7 Å². The first-order valence-electron chi connectivity index (χ1n) is 7.85. The molecule has 3 aromatic rings. The standard InChI is InChI=1S/C19H17ClN2O4/c1-10-13-5-4-6-14(20)18(13)26-17(10)19(24)22-15-9-12(21-11(2)23)7-8-16(15)25-3/h4-9H,1-3H3,(H,21,23)(H,22,24). The van der Waals surface area contributed by atoms with E-state index in [4.69, 9.17) is 20.8 Å². The lowest BCUT2D eigenvalue weighted by atomic mass is 10.1. The van der Waals surface area contributed by atoms with Gasteiger partial charge in [-0.1, -0.05) is 23.7 Å². The Bertz CT molecular complexity index is 1010. The molecule has 2 N–H and O–H groups in total. The molecule has 3 rings (SSSR count). The average Bonchev–Trinajstić information content (AvgIpc) is 2.93. The van der Waals surface area contributed by atoms with Crippen LogP contribution in [0.1, 0.15) is 23.0 Å². The van der Waals surface area contributed by atoms with E-state index in [1.807, 2.05) is 6.07 Å². The molecule has 0 atom stereocenters. The van der Waals surface area contributed by atoms with E-state index in [2.05, 4.69) is 10.6 Å². The number of anilines is 2. The molecule has 0 saturated carbocycles. The van der Waals surface area contributed by atoms with Crippen LogP contribution in [-0.4, -0.2) is 18.9 Å². The highest BCUT2D eigenvalue weighted by atomic mass is 35.5. The van der Waals surface area contributed by atoms with Crippen molar-refractivity contribution in [3.8, 4) is 5.75 Å². The van der Waals surface area contributed by atoms with Gasteiger partial charge in [-0.25, -0.2) is 0 Å². The van der Waals surface area contributed by atoms with E-state index in [0.717, 1.165) is 5.39 Å². The number of carbonyl (C=O) groups excluding carboxylic acids is 2. The van der Waals surface area contributed by atoms with Crippen LogP contribution >= 0.6 is 11.6 Å². The molecular formula is C19H17ClN2O4. The molecule has 7 heteroatoms. The number of furan rings is 1. The van der Waals surface area contributed by atoms with E-state index in [-0.39, 0.29) is 11.7 Å². The van der Waals surface area contributed by atoms with E-state index in [9.17, 15) is 9.59 Å². The smallest absolute Gasteiger partial charge is 0.291 e. The second-order valence-electron chi connectivity index (χ2n) is 5.72. The number of para-hydroxylation sites is 1. The summed E-state index contributed by atoms with van der Waals surface area (Å²) < 4.78 is 10.9. The van der Waals surface area contributed by atoms with Gasteiger partial charge in [-0.05, 0) is 31.2 Å². The Balaban J connectivity index is 1.96. The minimum atomic E-state index is -0.437. The molecule has 134 valence electrons. The van der Waals surface area contributed by atoms with Crippen molar-refractivity contribution in [1.82, 2.24) is 0 Å². The van der Waals surface area contributed by atoms with Crippen LogP contribution in [0.3, 0.4) is 0 Å². The molecule has 2 aromatic carbocycles. The van der Waals surface area contributed by atoms with Crippen LogP contribution in [-0.2, 0) is 4.79 Å². The predicted molar refractivity (Wildman–Crippen MR) is 101 cm³/mol. The molecule has 0 spiro atoms. The third-order valence-electron chi connectivity index (χ3n) is 3.89. The molecule has 1 aromatic heterocycles. The zero-order chi connectivity index (χ0) is 18.8. The number of halogens is 1. The van der Waals surface area contributed by atoms with Gasteiger partial charge in [0.1, 0.15) is 5.75 Å². The largest absolute Gasteiger partial charge is 0.495 e. The Morgan fingerprint density at radius 2 is 1.92 bits per heavy atom. The van der Waals surface area contributed by atoms with Gasteiger partial charge in [0.2, 0.25) is 5.91 Å². The zero-order valence-electron chi connectivity index (χ0n) is 14.5. The number of benzene rings is 2. The molecular weight excluding hydrogens is 356 g/mol. The molecule has 0 bridgehead atoms. The number of amides is 2. The molecule has 2 amide bonds. The van der Waals surface area contributed by atoms with Gasteiger partial charge in [0.25, 0.3) is 5.91 Å². The number of carbonyl (C=O) groups is 2. The fourth-order valence-corrected chi connectivity index (χ4v) is 2.90. The highest BCUT2D eigenvalue weighted by Crippen LogP contribution is 2.32. The molecule has 0 saturated heterocycles. The Kier molecular flexibility index (Phi) is 4.86. The van der Waals surface area contributed by atoms with Crippen molar-refractivity contribution >= 4 is 45.8 Å². The number of hydrogen-bond donors (Lipinski definition) is 2. The maximum atomic E-state index is 12.7. The van der Waals surface area contributed by atoms with Crippen molar-refractivity contribution in [2.45, 2.75) is 13.8 Å². The van der Waals surface area contributed by atoms with Crippen LogP contribution in [0.25, 0.3) is 11.0 Å². The third-order valence-corrected chi connectivity index (χ3v) is 4.19. The number of rotatable bonds is 4. The topological polar surface area (TPSA) is 80.6 Å². The minimum Gasteiger partial charge on any atom is -0.495 e. The van der Waals surface area contributed by atoms with Crippen molar-refractivity contribution < 1.29 is 18.7 Å². The molecule has 0 unspecified atom stereocenters. The first-order valence-corrected chi connectivity index (χ1v) is 8.23. The van der Waals surface area contributed by atoms with Crippen molar-refractivity contribution in [1.29, 1.82) is 0 Å². The summed E-state index contributed by atoms with van der Waals surface area (Å²) in [7, 11) is 1.50. The van der Waals surface area contributed by atoms with Gasteiger partial charge < -0.3 is 19.8 Å².